The van der Waals surface area contributed by atoms with Crippen LogP contribution in [0.15, 0.2) is 47.5 Å². The second kappa shape index (κ2) is 8.21. The highest BCUT2D eigenvalue weighted by atomic mass is 35.5. The van der Waals surface area contributed by atoms with E-state index in [1.807, 2.05) is 30.3 Å². The summed E-state index contributed by atoms with van der Waals surface area (Å²) < 4.78 is 0. The third kappa shape index (κ3) is 5.97. The number of hydrogen-bond acceptors (Lipinski definition) is 3. The number of nitrogens with one attached hydrogen (secondary N) is 2. The predicted molar refractivity (Wildman–Crippen MR) is 79.0 cm³/mol. The minimum Gasteiger partial charge on any atom is -0.336 e. The van der Waals surface area contributed by atoms with E-state index >= 15 is 0 Å². The molecule has 1 aromatic rings. The summed E-state index contributed by atoms with van der Waals surface area (Å²) in [6.45, 7) is 3.71. The monoisotopic (exact) mass is 277 g/mol. The highest BCUT2D eigenvalue weighted by molar-refractivity contribution is 6.22. The van der Waals surface area contributed by atoms with Gasteiger partial charge in [-0.15, -0.1) is 0 Å². The molecule has 0 radical (unpaired) electrons. The maximum absolute atomic E-state index is 10.2. The zero-order valence-corrected chi connectivity index (χ0v) is 11.2. The lowest BCUT2D eigenvalue weighted by molar-refractivity contribution is -0.107. The number of rotatable bonds is 7. The Morgan fingerprint density at radius 2 is 2.16 bits per heavy atom. The molecule has 19 heavy (non-hydrogen) atoms. The van der Waals surface area contributed by atoms with Crippen LogP contribution in [0.2, 0.25) is 0 Å². The highest BCUT2D eigenvalue weighted by Crippen LogP contribution is 2.04. The lowest BCUT2D eigenvalue weighted by Gasteiger charge is -2.11. The molecule has 0 aliphatic carbocycles. The van der Waals surface area contributed by atoms with Crippen LogP contribution in [0.4, 0.5) is 0 Å². The van der Waals surface area contributed by atoms with Crippen molar-refractivity contribution in [3.8, 4) is 0 Å². The molecule has 1 unspecified atom stereocenters. The van der Waals surface area contributed by atoms with Gasteiger partial charge < -0.3 is 10.1 Å². The number of nitrogens with zero attached hydrogens (tertiary/aromatic N) is 1. The van der Waals surface area contributed by atoms with Crippen LogP contribution in [0.25, 0.3) is 0 Å². The summed E-state index contributed by atoms with van der Waals surface area (Å²) >= 11 is 5.94. The van der Waals surface area contributed by atoms with Crippen molar-refractivity contribution < 1.29 is 4.79 Å². The Hall–Kier alpha value is -1.94. The Morgan fingerprint density at radius 1 is 1.47 bits per heavy atom. The normalized spacial score (nSPS) is 12.1. The standard InChI is InChI=1S/C14H16ClN3O/c1-11(6-5-9-19)13(16)18-14(15)17-10-12-7-3-2-4-8-12/h2-4,7-10,14H,1,5-6H2,(H2,16,18)/b17-10+. The van der Waals surface area contributed by atoms with Gasteiger partial charge in [0.05, 0.1) is 0 Å². The summed E-state index contributed by atoms with van der Waals surface area (Å²) in [5.41, 5.74) is 0.731. The van der Waals surface area contributed by atoms with Gasteiger partial charge in [0.2, 0.25) is 0 Å². The van der Waals surface area contributed by atoms with Gasteiger partial charge in [0.1, 0.15) is 12.1 Å². The largest absolute Gasteiger partial charge is 0.336 e. The molecule has 0 aliphatic rings. The van der Waals surface area contributed by atoms with Crippen molar-refractivity contribution in [2.45, 2.75) is 18.5 Å². The lowest BCUT2D eigenvalue weighted by Crippen LogP contribution is -2.30. The molecule has 0 saturated heterocycles. The average molecular weight is 278 g/mol. The van der Waals surface area contributed by atoms with Gasteiger partial charge in [-0.05, 0) is 17.6 Å². The first-order valence-electron chi connectivity index (χ1n) is 5.82. The van der Waals surface area contributed by atoms with Gasteiger partial charge >= 0.3 is 0 Å². The number of carbonyl (C=O) groups is 1. The molecule has 4 nitrogen and oxygen atoms in total. The van der Waals surface area contributed by atoms with Gasteiger partial charge in [0.25, 0.3) is 0 Å². The fourth-order valence-corrected chi connectivity index (χ4v) is 1.47. The van der Waals surface area contributed by atoms with Crippen LogP contribution in [0.5, 0.6) is 0 Å². The van der Waals surface area contributed by atoms with E-state index in [1.54, 1.807) is 6.21 Å². The summed E-state index contributed by atoms with van der Waals surface area (Å²) in [6.07, 6.45) is 3.22. The van der Waals surface area contributed by atoms with Gasteiger partial charge in [-0.25, -0.2) is 0 Å². The van der Waals surface area contributed by atoms with Crippen molar-refractivity contribution in [1.29, 1.82) is 5.41 Å². The van der Waals surface area contributed by atoms with E-state index in [0.717, 1.165) is 11.8 Å². The van der Waals surface area contributed by atoms with Crippen LogP contribution in [-0.2, 0) is 4.79 Å². The number of halogens is 1. The average Bonchev–Trinajstić information content (AvgIpc) is 2.43. The Labute approximate surface area is 117 Å². The van der Waals surface area contributed by atoms with E-state index < -0.39 is 5.62 Å². The molecule has 2 N–H and O–H groups in total. The summed E-state index contributed by atoms with van der Waals surface area (Å²) in [5.74, 6) is 0.104. The molecule has 0 bridgehead atoms. The number of aliphatic imine (C=N–C) groups is 1. The summed E-state index contributed by atoms with van der Waals surface area (Å²) in [4.78, 5) is 14.3. The number of aldehydes is 1. The third-order valence-electron chi connectivity index (χ3n) is 2.34. The minimum atomic E-state index is -0.735. The van der Waals surface area contributed by atoms with Crippen molar-refractivity contribution in [2.24, 2.45) is 4.99 Å². The molecule has 1 aromatic carbocycles. The summed E-state index contributed by atoms with van der Waals surface area (Å²) in [6, 6.07) is 9.53. The van der Waals surface area contributed by atoms with Gasteiger partial charge in [-0.2, -0.15) is 0 Å². The van der Waals surface area contributed by atoms with Gasteiger partial charge in [0, 0.05) is 12.6 Å². The topological polar surface area (TPSA) is 65.3 Å². The molecule has 0 aromatic heterocycles. The Kier molecular flexibility index (Phi) is 6.53. The van der Waals surface area contributed by atoms with E-state index in [1.165, 1.54) is 0 Å². The Morgan fingerprint density at radius 3 is 2.79 bits per heavy atom. The molecule has 0 heterocycles. The number of hydrogen-bond donors (Lipinski definition) is 2. The molecular weight excluding hydrogens is 262 g/mol. The molecule has 100 valence electrons. The quantitative estimate of drug-likeness (QED) is 0.265. The van der Waals surface area contributed by atoms with Crippen molar-refractivity contribution in [1.82, 2.24) is 5.32 Å². The number of amidine groups is 1. The van der Waals surface area contributed by atoms with Gasteiger partial charge in [0.15, 0.2) is 5.62 Å². The molecule has 0 spiro atoms. The first-order valence-corrected chi connectivity index (χ1v) is 6.26. The lowest BCUT2D eigenvalue weighted by atomic mass is 10.1. The number of carbonyl (C=O) groups excluding carboxylic acids is 1. The Bertz CT molecular complexity index is 471. The van der Waals surface area contributed by atoms with Crippen molar-refractivity contribution in [2.75, 3.05) is 0 Å². The van der Waals surface area contributed by atoms with Crippen LogP contribution in [0.1, 0.15) is 18.4 Å². The predicted octanol–water partition coefficient (Wildman–Crippen LogP) is 2.73. The molecule has 0 fully saturated rings. The molecular formula is C14H16ClN3O. The van der Waals surface area contributed by atoms with Gasteiger partial charge in [-0.3, -0.25) is 10.4 Å². The Balaban J connectivity index is 2.44. The molecule has 1 atom stereocenters. The minimum absolute atomic E-state index is 0.104. The first-order chi connectivity index (χ1) is 9.13. The van der Waals surface area contributed by atoms with Crippen molar-refractivity contribution in [3.05, 3.63) is 48.0 Å². The SMILES string of the molecule is C=C(CCC=O)C(=N)NC(Cl)/N=C/c1ccccc1. The fourth-order valence-electron chi connectivity index (χ4n) is 1.31. The van der Waals surface area contributed by atoms with Crippen molar-refractivity contribution in [3.63, 3.8) is 0 Å². The number of alkyl halides is 1. The van der Waals surface area contributed by atoms with E-state index in [0.29, 0.717) is 18.4 Å². The molecule has 0 amide bonds. The third-order valence-corrected chi connectivity index (χ3v) is 2.56. The molecule has 1 rings (SSSR count). The maximum Gasteiger partial charge on any atom is 0.196 e. The first kappa shape index (κ1) is 15.1. The van der Waals surface area contributed by atoms with E-state index in [9.17, 15) is 4.79 Å². The van der Waals surface area contributed by atoms with E-state index in [4.69, 9.17) is 17.0 Å². The number of benzene rings is 1. The van der Waals surface area contributed by atoms with Crippen LogP contribution in [-0.4, -0.2) is 24.0 Å². The molecule has 5 heteroatoms. The molecule has 0 saturated carbocycles. The molecule has 0 aliphatic heterocycles. The van der Waals surface area contributed by atoms with Crippen LogP contribution in [0.3, 0.4) is 0 Å². The fraction of sp³-hybridized carbons (Fsp3) is 0.214. The second-order valence-electron chi connectivity index (χ2n) is 3.85. The zero-order chi connectivity index (χ0) is 14.1. The van der Waals surface area contributed by atoms with Crippen LogP contribution >= 0.6 is 11.6 Å². The van der Waals surface area contributed by atoms with Crippen molar-refractivity contribution >= 4 is 29.9 Å². The van der Waals surface area contributed by atoms with E-state index in [-0.39, 0.29) is 5.84 Å². The van der Waals surface area contributed by atoms with Crippen LogP contribution < -0.4 is 5.32 Å². The maximum atomic E-state index is 10.2. The van der Waals surface area contributed by atoms with E-state index in [2.05, 4.69) is 16.9 Å². The van der Waals surface area contributed by atoms with Crippen LogP contribution in [0, 0.1) is 5.41 Å². The smallest absolute Gasteiger partial charge is 0.196 e. The second-order valence-corrected chi connectivity index (χ2v) is 4.27. The highest BCUT2D eigenvalue weighted by Gasteiger charge is 2.06. The summed E-state index contributed by atoms with van der Waals surface area (Å²) in [5, 5.41) is 10.4. The van der Waals surface area contributed by atoms with Gasteiger partial charge in [-0.1, -0.05) is 48.5 Å². The summed E-state index contributed by atoms with van der Waals surface area (Å²) in [7, 11) is 0. The zero-order valence-electron chi connectivity index (χ0n) is 10.5.